The first kappa shape index (κ1) is 17.6. The first-order valence-corrected chi connectivity index (χ1v) is 9.79. The van der Waals surface area contributed by atoms with E-state index in [1.54, 1.807) is 0 Å². The zero-order valence-electron chi connectivity index (χ0n) is 15.6. The summed E-state index contributed by atoms with van der Waals surface area (Å²) in [6.45, 7) is 5.64. The fourth-order valence-corrected chi connectivity index (χ4v) is 4.53. The number of fused-ring (bicyclic) bond motifs is 1. The van der Waals surface area contributed by atoms with E-state index in [-0.39, 0.29) is 11.4 Å². The second-order valence-electron chi connectivity index (χ2n) is 7.52. The molecule has 2 aliphatic rings. The third kappa shape index (κ3) is 3.14. The van der Waals surface area contributed by atoms with Gasteiger partial charge in [-0.25, -0.2) is 0 Å². The van der Waals surface area contributed by atoms with Gasteiger partial charge in [-0.2, -0.15) is 0 Å². The van der Waals surface area contributed by atoms with Gasteiger partial charge < -0.3 is 14.5 Å². The molecule has 0 unspecified atom stereocenters. The topological polar surface area (TPSA) is 54.7 Å². The SMILES string of the molecule is Cc1c(CNC(=O)C2(N3CCOCC3)CCCCC2)oc2ccccc12. The minimum Gasteiger partial charge on any atom is -0.459 e. The van der Waals surface area contributed by atoms with Crippen molar-refractivity contribution in [3.63, 3.8) is 0 Å². The third-order valence-corrected chi connectivity index (χ3v) is 6.07. The number of nitrogens with one attached hydrogen (secondary N) is 1. The molecule has 4 rings (SSSR count). The average molecular weight is 356 g/mol. The largest absolute Gasteiger partial charge is 0.459 e. The van der Waals surface area contributed by atoms with Crippen LogP contribution < -0.4 is 5.32 Å². The highest BCUT2D eigenvalue weighted by Crippen LogP contribution is 2.35. The summed E-state index contributed by atoms with van der Waals surface area (Å²) >= 11 is 0. The van der Waals surface area contributed by atoms with Crippen molar-refractivity contribution in [1.29, 1.82) is 0 Å². The van der Waals surface area contributed by atoms with Crippen molar-refractivity contribution in [2.24, 2.45) is 0 Å². The summed E-state index contributed by atoms with van der Waals surface area (Å²) in [7, 11) is 0. The molecular formula is C21H28N2O3. The van der Waals surface area contributed by atoms with Crippen LogP contribution >= 0.6 is 0 Å². The predicted octanol–water partition coefficient (Wildman–Crippen LogP) is 3.39. The summed E-state index contributed by atoms with van der Waals surface area (Å²) in [5.74, 6) is 1.01. The number of carbonyl (C=O) groups is 1. The normalized spacial score (nSPS) is 21.0. The van der Waals surface area contributed by atoms with Gasteiger partial charge in [-0.1, -0.05) is 37.5 Å². The van der Waals surface area contributed by atoms with Crippen LogP contribution in [0.2, 0.25) is 0 Å². The molecular weight excluding hydrogens is 328 g/mol. The predicted molar refractivity (Wildman–Crippen MR) is 101 cm³/mol. The number of amides is 1. The van der Waals surface area contributed by atoms with Gasteiger partial charge in [0.05, 0.1) is 19.8 Å². The highest BCUT2D eigenvalue weighted by molar-refractivity contribution is 5.87. The first-order valence-electron chi connectivity index (χ1n) is 9.79. The van der Waals surface area contributed by atoms with Crippen LogP contribution in [0, 0.1) is 6.92 Å². The molecule has 5 heteroatoms. The average Bonchev–Trinajstić information content (AvgIpc) is 3.03. The molecule has 0 bridgehead atoms. The summed E-state index contributed by atoms with van der Waals surface area (Å²) in [6, 6.07) is 8.03. The standard InChI is InChI=1S/C21H28N2O3/c1-16-17-7-3-4-8-18(17)26-19(16)15-22-20(24)21(9-5-2-6-10-21)23-11-13-25-14-12-23/h3-4,7-8H,2,5-6,9-15H2,1H3,(H,22,24). The van der Waals surface area contributed by atoms with Gasteiger partial charge in [-0.15, -0.1) is 0 Å². The number of ether oxygens (including phenoxy) is 1. The van der Waals surface area contributed by atoms with Crippen LogP contribution in [0.25, 0.3) is 11.0 Å². The number of rotatable bonds is 4. The lowest BCUT2D eigenvalue weighted by Crippen LogP contribution is -2.62. The minimum absolute atomic E-state index is 0.152. The van der Waals surface area contributed by atoms with Crippen LogP contribution in [-0.4, -0.2) is 42.6 Å². The summed E-state index contributed by atoms with van der Waals surface area (Å²) in [6.07, 6.45) is 5.35. The van der Waals surface area contributed by atoms with E-state index in [9.17, 15) is 4.79 Å². The summed E-state index contributed by atoms with van der Waals surface area (Å²) < 4.78 is 11.5. The zero-order chi connectivity index (χ0) is 18.0. The van der Waals surface area contributed by atoms with E-state index in [4.69, 9.17) is 9.15 Å². The summed E-state index contributed by atoms with van der Waals surface area (Å²) in [4.78, 5) is 15.6. The molecule has 0 spiro atoms. The molecule has 1 N–H and O–H groups in total. The van der Waals surface area contributed by atoms with Crippen LogP contribution in [0.5, 0.6) is 0 Å². The molecule has 1 aliphatic carbocycles. The number of carbonyl (C=O) groups excluding carboxylic acids is 1. The van der Waals surface area contributed by atoms with E-state index in [0.29, 0.717) is 6.54 Å². The molecule has 1 saturated carbocycles. The van der Waals surface area contributed by atoms with Crippen molar-refractivity contribution in [3.8, 4) is 0 Å². The lowest BCUT2D eigenvalue weighted by Gasteiger charge is -2.46. The molecule has 1 aromatic carbocycles. The van der Waals surface area contributed by atoms with Crippen LogP contribution in [0.4, 0.5) is 0 Å². The molecule has 26 heavy (non-hydrogen) atoms. The molecule has 0 atom stereocenters. The molecule has 5 nitrogen and oxygen atoms in total. The molecule has 1 aromatic heterocycles. The van der Waals surface area contributed by atoms with Crippen molar-refractivity contribution in [2.75, 3.05) is 26.3 Å². The second-order valence-corrected chi connectivity index (χ2v) is 7.52. The van der Waals surface area contributed by atoms with Gasteiger partial charge >= 0.3 is 0 Å². The summed E-state index contributed by atoms with van der Waals surface area (Å²) in [5, 5.41) is 4.32. The van der Waals surface area contributed by atoms with Gasteiger partial charge in [-0.3, -0.25) is 9.69 Å². The number of hydrogen-bond acceptors (Lipinski definition) is 4. The number of furan rings is 1. The Bertz CT molecular complexity index is 771. The van der Waals surface area contributed by atoms with Crippen LogP contribution in [0.15, 0.2) is 28.7 Å². The molecule has 2 aromatic rings. The molecule has 2 heterocycles. The van der Waals surface area contributed by atoms with Gasteiger partial charge in [0.2, 0.25) is 5.91 Å². The number of benzene rings is 1. The molecule has 1 aliphatic heterocycles. The Balaban J connectivity index is 1.51. The van der Waals surface area contributed by atoms with Crippen molar-refractivity contribution >= 4 is 16.9 Å². The highest BCUT2D eigenvalue weighted by Gasteiger charge is 2.44. The Morgan fingerprint density at radius 2 is 1.88 bits per heavy atom. The molecule has 0 radical (unpaired) electrons. The first-order chi connectivity index (χ1) is 12.7. The van der Waals surface area contributed by atoms with E-state index in [2.05, 4.69) is 23.2 Å². The van der Waals surface area contributed by atoms with Gasteiger partial charge in [-0.05, 0) is 25.8 Å². The molecule has 140 valence electrons. The number of hydrogen-bond donors (Lipinski definition) is 1. The molecule has 1 saturated heterocycles. The number of para-hydroxylation sites is 1. The Morgan fingerprint density at radius 3 is 2.62 bits per heavy atom. The third-order valence-electron chi connectivity index (χ3n) is 6.07. The van der Waals surface area contributed by atoms with E-state index < -0.39 is 0 Å². The van der Waals surface area contributed by atoms with E-state index >= 15 is 0 Å². The summed E-state index contributed by atoms with van der Waals surface area (Å²) in [5.41, 5.74) is 1.63. The van der Waals surface area contributed by atoms with Crippen molar-refractivity contribution in [2.45, 2.75) is 51.1 Å². The van der Waals surface area contributed by atoms with Crippen molar-refractivity contribution < 1.29 is 13.9 Å². The van der Waals surface area contributed by atoms with Crippen molar-refractivity contribution in [3.05, 3.63) is 35.6 Å². The van der Waals surface area contributed by atoms with Gasteiger partial charge in [0.1, 0.15) is 16.9 Å². The Hall–Kier alpha value is -1.85. The van der Waals surface area contributed by atoms with Gasteiger partial charge in [0, 0.05) is 24.0 Å². The Kier molecular flexibility index (Phi) is 5.00. The van der Waals surface area contributed by atoms with Crippen LogP contribution in [0.3, 0.4) is 0 Å². The smallest absolute Gasteiger partial charge is 0.240 e. The number of nitrogens with zero attached hydrogens (tertiary/aromatic N) is 1. The van der Waals surface area contributed by atoms with E-state index in [0.717, 1.165) is 74.3 Å². The minimum atomic E-state index is -0.373. The van der Waals surface area contributed by atoms with E-state index in [1.807, 2.05) is 18.2 Å². The second kappa shape index (κ2) is 7.41. The number of aryl methyl sites for hydroxylation is 1. The maximum Gasteiger partial charge on any atom is 0.240 e. The fourth-order valence-electron chi connectivity index (χ4n) is 4.53. The maximum absolute atomic E-state index is 13.3. The van der Waals surface area contributed by atoms with Crippen LogP contribution in [0.1, 0.15) is 43.4 Å². The van der Waals surface area contributed by atoms with Gasteiger partial charge in [0.25, 0.3) is 0 Å². The molecule has 1 amide bonds. The quantitative estimate of drug-likeness (QED) is 0.912. The van der Waals surface area contributed by atoms with Crippen molar-refractivity contribution in [1.82, 2.24) is 10.2 Å². The van der Waals surface area contributed by atoms with E-state index in [1.165, 1.54) is 6.42 Å². The maximum atomic E-state index is 13.3. The lowest BCUT2D eigenvalue weighted by atomic mass is 9.79. The Morgan fingerprint density at radius 1 is 1.15 bits per heavy atom. The monoisotopic (exact) mass is 356 g/mol. The van der Waals surface area contributed by atoms with Gasteiger partial charge in [0.15, 0.2) is 0 Å². The highest BCUT2D eigenvalue weighted by atomic mass is 16.5. The number of morpholine rings is 1. The molecule has 2 fully saturated rings. The fraction of sp³-hybridized carbons (Fsp3) is 0.571. The lowest BCUT2D eigenvalue weighted by molar-refractivity contribution is -0.140. The Labute approximate surface area is 154 Å². The zero-order valence-corrected chi connectivity index (χ0v) is 15.6. The van der Waals surface area contributed by atoms with Crippen LogP contribution in [-0.2, 0) is 16.1 Å².